The number of carbonyl (C=O) groups is 1. The Labute approximate surface area is 221 Å². The average Bonchev–Trinajstić information content (AvgIpc) is 3.29. The number of nitrogens with one attached hydrogen (secondary N) is 1. The molecule has 0 aliphatic rings. The second-order valence-electron chi connectivity index (χ2n) is 6.99. The normalized spacial score (nSPS) is 11.1. The van der Waals surface area contributed by atoms with E-state index >= 15 is 0 Å². The highest BCUT2D eigenvalue weighted by atomic mass is 79.9. The third-order valence-electron chi connectivity index (χ3n) is 4.66. The van der Waals surface area contributed by atoms with Crippen LogP contribution in [0.4, 0.5) is 0 Å². The molecular formula is C23H18Br2N6O3S. The minimum Gasteiger partial charge on any atom is -0.503 e. The zero-order valence-electron chi connectivity index (χ0n) is 18.2. The van der Waals surface area contributed by atoms with Gasteiger partial charge in [0.25, 0.3) is 5.91 Å². The predicted octanol–water partition coefficient (Wildman–Crippen LogP) is 4.81. The summed E-state index contributed by atoms with van der Waals surface area (Å²) in [6, 6.07) is 14.7. The van der Waals surface area contributed by atoms with E-state index in [1.54, 1.807) is 24.5 Å². The van der Waals surface area contributed by atoms with Gasteiger partial charge in [0.15, 0.2) is 22.5 Å². The lowest BCUT2D eigenvalue weighted by atomic mass is 10.2. The maximum Gasteiger partial charge on any atom is 0.250 e. The Kier molecular flexibility index (Phi) is 8.16. The van der Waals surface area contributed by atoms with Gasteiger partial charge in [-0.05, 0) is 70.0 Å². The van der Waals surface area contributed by atoms with Crippen molar-refractivity contribution in [3.63, 3.8) is 0 Å². The predicted molar refractivity (Wildman–Crippen MR) is 141 cm³/mol. The van der Waals surface area contributed by atoms with Crippen LogP contribution in [0.15, 0.2) is 80.1 Å². The number of hydrogen-bond donors (Lipinski definition) is 2. The molecular weight excluding hydrogens is 600 g/mol. The Morgan fingerprint density at radius 3 is 2.63 bits per heavy atom. The van der Waals surface area contributed by atoms with Crippen LogP contribution >= 0.6 is 43.6 Å². The molecule has 0 saturated carbocycles. The molecule has 0 aliphatic carbocycles. The second kappa shape index (κ2) is 11.5. The van der Waals surface area contributed by atoms with Crippen molar-refractivity contribution < 1.29 is 14.6 Å². The van der Waals surface area contributed by atoms with Gasteiger partial charge in [0.1, 0.15) is 0 Å². The van der Waals surface area contributed by atoms with Gasteiger partial charge in [-0.3, -0.25) is 14.3 Å². The molecule has 0 saturated heterocycles. The lowest BCUT2D eigenvalue weighted by Gasteiger charge is -2.10. The summed E-state index contributed by atoms with van der Waals surface area (Å²) in [5, 5.41) is 23.1. The number of phenols is 1. The quantitative estimate of drug-likeness (QED) is 0.166. The Balaban J connectivity index is 1.48. The summed E-state index contributed by atoms with van der Waals surface area (Å²) in [7, 11) is 1.45. The number of pyridine rings is 1. The summed E-state index contributed by atoms with van der Waals surface area (Å²) < 4.78 is 8.41. The number of halogens is 2. The molecule has 1 amide bonds. The van der Waals surface area contributed by atoms with E-state index in [1.165, 1.54) is 25.1 Å². The number of benzene rings is 2. The lowest BCUT2D eigenvalue weighted by molar-refractivity contribution is -0.118. The lowest BCUT2D eigenvalue weighted by Crippen LogP contribution is -2.20. The van der Waals surface area contributed by atoms with Crippen LogP contribution in [0.3, 0.4) is 0 Å². The zero-order valence-corrected chi connectivity index (χ0v) is 22.2. The van der Waals surface area contributed by atoms with Crippen LogP contribution in [0, 0.1) is 0 Å². The van der Waals surface area contributed by atoms with Crippen LogP contribution < -0.4 is 10.2 Å². The molecule has 0 bridgehead atoms. The molecule has 2 aromatic carbocycles. The Morgan fingerprint density at radius 2 is 1.91 bits per heavy atom. The number of ether oxygens (including phenoxy) is 1. The Hall–Kier alpha value is -3.22. The first kappa shape index (κ1) is 24.9. The molecule has 2 aromatic heterocycles. The van der Waals surface area contributed by atoms with Crippen molar-refractivity contribution in [2.45, 2.75) is 5.16 Å². The number of amides is 1. The fourth-order valence-corrected chi connectivity index (χ4v) is 4.51. The van der Waals surface area contributed by atoms with Crippen LogP contribution in [0.1, 0.15) is 5.56 Å². The monoisotopic (exact) mass is 616 g/mol. The molecule has 0 unspecified atom stereocenters. The number of carbonyl (C=O) groups excluding carboxylic acids is 1. The minimum absolute atomic E-state index is 0.00824. The fourth-order valence-electron chi connectivity index (χ4n) is 3.04. The summed E-state index contributed by atoms with van der Waals surface area (Å²) in [6.45, 7) is 0. The molecule has 12 heteroatoms. The number of methoxy groups -OCH3 is 1. The van der Waals surface area contributed by atoms with Gasteiger partial charge in [0.2, 0.25) is 0 Å². The zero-order chi connectivity index (χ0) is 24.8. The second-order valence-corrected chi connectivity index (χ2v) is 9.70. The number of nitrogens with zero attached hydrogens (tertiary/aromatic N) is 5. The molecule has 0 radical (unpaired) electrons. The van der Waals surface area contributed by atoms with Crippen molar-refractivity contribution in [2.75, 3.05) is 12.9 Å². The molecule has 2 N–H and O–H groups in total. The fraction of sp³-hybridized carbons (Fsp3) is 0.0870. The van der Waals surface area contributed by atoms with Crippen molar-refractivity contribution >= 4 is 55.7 Å². The van der Waals surface area contributed by atoms with E-state index in [1.807, 2.05) is 41.0 Å². The molecule has 2 heterocycles. The first-order valence-electron chi connectivity index (χ1n) is 10.1. The van der Waals surface area contributed by atoms with E-state index in [9.17, 15) is 9.90 Å². The van der Waals surface area contributed by atoms with Crippen molar-refractivity contribution in [2.24, 2.45) is 5.10 Å². The molecule has 0 fully saturated rings. The Morgan fingerprint density at radius 1 is 1.17 bits per heavy atom. The summed E-state index contributed by atoms with van der Waals surface area (Å²) in [5.41, 5.74) is 4.85. The van der Waals surface area contributed by atoms with Gasteiger partial charge in [-0.2, -0.15) is 5.10 Å². The van der Waals surface area contributed by atoms with Gasteiger partial charge in [-0.15, -0.1) is 10.2 Å². The molecule has 9 nitrogen and oxygen atoms in total. The standard InChI is InChI=1S/C23H18Br2N6O3S/c1-34-19-11-14(10-18(25)21(19)33)12-27-28-20(32)13-35-23-30-29-22(15-6-8-26-9-7-15)31(23)17-4-2-16(24)3-5-17/h2-12,33H,13H2,1H3,(H,28,32). The minimum atomic E-state index is -0.313. The maximum absolute atomic E-state index is 12.4. The number of rotatable bonds is 8. The van der Waals surface area contributed by atoms with E-state index < -0.39 is 0 Å². The number of aromatic hydroxyl groups is 1. The molecule has 178 valence electrons. The SMILES string of the molecule is COc1cc(C=NNC(=O)CSc2nnc(-c3ccncc3)n2-c2ccc(Br)cc2)cc(Br)c1O. The molecule has 0 aliphatic heterocycles. The van der Waals surface area contributed by atoms with Crippen molar-refractivity contribution in [3.8, 4) is 28.6 Å². The van der Waals surface area contributed by atoms with Crippen LogP contribution in [-0.2, 0) is 4.79 Å². The van der Waals surface area contributed by atoms with Crippen LogP contribution in [0.2, 0.25) is 0 Å². The largest absolute Gasteiger partial charge is 0.503 e. The van der Waals surface area contributed by atoms with E-state index in [0.29, 0.717) is 26.8 Å². The van der Waals surface area contributed by atoms with Crippen LogP contribution in [0.5, 0.6) is 11.5 Å². The van der Waals surface area contributed by atoms with E-state index in [2.05, 4.69) is 57.6 Å². The number of thioether (sulfide) groups is 1. The Bertz CT molecular complexity index is 1360. The van der Waals surface area contributed by atoms with E-state index in [4.69, 9.17) is 4.74 Å². The van der Waals surface area contributed by atoms with Crippen molar-refractivity contribution in [1.82, 2.24) is 25.2 Å². The van der Waals surface area contributed by atoms with Crippen molar-refractivity contribution in [3.05, 3.63) is 75.4 Å². The van der Waals surface area contributed by atoms with Crippen LogP contribution in [0.25, 0.3) is 17.1 Å². The van der Waals surface area contributed by atoms with Gasteiger partial charge < -0.3 is 9.84 Å². The number of aromatic nitrogens is 4. The molecule has 35 heavy (non-hydrogen) atoms. The number of hydrazone groups is 1. The van der Waals surface area contributed by atoms with Gasteiger partial charge in [-0.1, -0.05) is 27.7 Å². The smallest absolute Gasteiger partial charge is 0.250 e. The highest BCUT2D eigenvalue weighted by Crippen LogP contribution is 2.34. The van der Waals surface area contributed by atoms with E-state index in [0.717, 1.165) is 15.7 Å². The molecule has 4 aromatic rings. The third-order valence-corrected chi connectivity index (χ3v) is 6.72. The third kappa shape index (κ3) is 6.08. The molecule has 4 rings (SSSR count). The maximum atomic E-state index is 12.4. The highest BCUT2D eigenvalue weighted by molar-refractivity contribution is 9.10. The van der Waals surface area contributed by atoms with Gasteiger partial charge in [0, 0.05) is 28.1 Å². The summed E-state index contributed by atoms with van der Waals surface area (Å²) in [5.74, 6) is 0.686. The van der Waals surface area contributed by atoms with Gasteiger partial charge >= 0.3 is 0 Å². The first-order chi connectivity index (χ1) is 17.0. The topological polar surface area (TPSA) is 115 Å². The molecule has 0 spiro atoms. The van der Waals surface area contributed by atoms with Gasteiger partial charge in [-0.25, -0.2) is 5.43 Å². The molecule has 0 atom stereocenters. The summed E-state index contributed by atoms with van der Waals surface area (Å²) >= 11 is 7.95. The highest BCUT2D eigenvalue weighted by Gasteiger charge is 2.17. The van der Waals surface area contributed by atoms with Crippen molar-refractivity contribution in [1.29, 1.82) is 0 Å². The van der Waals surface area contributed by atoms with E-state index in [-0.39, 0.29) is 17.4 Å². The summed E-state index contributed by atoms with van der Waals surface area (Å²) in [4.78, 5) is 16.5. The average molecular weight is 618 g/mol. The number of hydrogen-bond acceptors (Lipinski definition) is 8. The summed E-state index contributed by atoms with van der Waals surface area (Å²) in [6.07, 6.45) is 4.84. The first-order valence-corrected chi connectivity index (χ1v) is 12.7. The number of phenolic OH excluding ortho intramolecular Hbond substituents is 1. The van der Waals surface area contributed by atoms with Crippen LogP contribution in [-0.4, -0.2) is 49.8 Å². The van der Waals surface area contributed by atoms with Gasteiger partial charge in [0.05, 0.1) is 23.5 Å².